The van der Waals surface area contributed by atoms with Crippen molar-refractivity contribution in [3.05, 3.63) is 34.3 Å². The Morgan fingerprint density at radius 1 is 1.24 bits per heavy atom. The normalized spacial score (nSPS) is 14.9. The number of halogens is 1. The van der Waals surface area contributed by atoms with Gasteiger partial charge in [-0.2, -0.15) is 0 Å². The van der Waals surface area contributed by atoms with Gasteiger partial charge in [0.25, 0.3) is 0 Å². The molecule has 0 aliphatic heterocycles. The van der Waals surface area contributed by atoms with Gasteiger partial charge in [-0.25, -0.2) is 0 Å². The van der Waals surface area contributed by atoms with Crippen LogP contribution in [0, 0.1) is 5.92 Å². The van der Waals surface area contributed by atoms with Crippen molar-refractivity contribution in [2.75, 3.05) is 20.6 Å². The quantitative estimate of drug-likeness (QED) is 0.868. The third-order valence-electron chi connectivity index (χ3n) is 3.39. The lowest BCUT2D eigenvalue weighted by atomic mass is 10.0. The third-order valence-corrected chi connectivity index (χ3v) is 3.92. The summed E-state index contributed by atoms with van der Waals surface area (Å²) in [6.45, 7) is 6.65. The largest absolute Gasteiger partial charge is 0.319 e. The summed E-state index contributed by atoms with van der Waals surface area (Å²) < 4.78 is 1.14. The fraction of sp³-hybridized carbons (Fsp3) is 0.571. The smallest absolute Gasteiger partial charge is 0.0233 e. The first-order valence-electron chi connectivity index (χ1n) is 6.14. The first kappa shape index (κ1) is 14.7. The molecule has 1 aromatic rings. The summed E-state index contributed by atoms with van der Waals surface area (Å²) in [5, 5.41) is 3.24. The molecule has 2 unspecified atom stereocenters. The van der Waals surface area contributed by atoms with Crippen LogP contribution in [0.3, 0.4) is 0 Å². The van der Waals surface area contributed by atoms with Crippen LogP contribution in [0.25, 0.3) is 0 Å². The SMILES string of the molecule is CNCC(C)C(C)N(C)Cc1ccc(Br)cc1. The Kier molecular flexibility index (Phi) is 6.17. The van der Waals surface area contributed by atoms with Crippen molar-refractivity contribution in [2.24, 2.45) is 5.92 Å². The Labute approximate surface area is 114 Å². The maximum absolute atomic E-state index is 3.46. The van der Waals surface area contributed by atoms with Gasteiger partial charge in [0.05, 0.1) is 0 Å². The summed E-state index contributed by atoms with van der Waals surface area (Å²) in [7, 11) is 4.21. The van der Waals surface area contributed by atoms with Crippen LogP contribution in [-0.2, 0) is 6.54 Å². The summed E-state index contributed by atoms with van der Waals surface area (Å²) in [6.07, 6.45) is 0. The molecule has 0 saturated carbocycles. The Morgan fingerprint density at radius 3 is 2.35 bits per heavy atom. The van der Waals surface area contributed by atoms with Gasteiger partial charge in [0.2, 0.25) is 0 Å². The van der Waals surface area contributed by atoms with E-state index in [2.05, 4.69) is 71.3 Å². The lowest BCUT2D eigenvalue weighted by Crippen LogP contribution is -2.37. The van der Waals surface area contributed by atoms with Crippen LogP contribution in [0.2, 0.25) is 0 Å². The van der Waals surface area contributed by atoms with Crippen LogP contribution in [-0.4, -0.2) is 31.6 Å². The molecule has 0 amide bonds. The molecule has 0 spiro atoms. The number of benzene rings is 1. The van der Waals surface area contributed by atoms with Gasteiger partial charge in [-0.15, -0.1) is 0 Å². The second kappa shape index (κ2) is 7.14. The summed E-state index contributed by atoms with van der Waals surface area (Å²) in [4.78, 5) is 2.41. The predicted octanol–water partition coefficient (Wildman–Crippen LogP) is 3.12. The monoisotopic (exact) mass is 298 g/mol. The zero-order valence-corrected chi connectivity index (χ0v) is 12.8. The molecule has 2 nitrogen and oxygen atoms in total. The second-order valence-electron chi connectivity index (χ2n) is 4.82. The van der Waals surface area contributed by atoms with Gasteiger partial charge in [-0.3, -0.25) is 4.90 Å². The van der Waals surface area contributed by atoms with E-state index in [4.69, 9.17) is 0 Å². The third kappa shape index (κ3) is 4.78. The minimum Gasteiger partial charge on any atom is -0.319 e. The van der Waals surface area contributed by atoms with Crippen LogP contribution in [0.1, 0.15) is 19.4 Å². The fourth-order valence-corrected chi connectivity index (χ4v) is 2.21. The molecular weight excluding hydrogens is 276 g/mol. The molecule has 0 heterocycles. The van der Waals surface area contributed by atoms with E-state index in [1.807, 2.05) is 7.05 Å². The zero-order chi connectivity index (χ0) is 12.8. The van der Waals surface area contributed by atoms with E-state index >= 15 is 0 Å². The van der Waals surface area contributed by atoms with E-state index in [0.29, 0.717) is 12.0 Å². The molecule has 0 fully saturated rings. The Balaban J connectivity index is 2.53. The van der Waals surface area contributed by atoms with Crippen LogP contribution < -0.4 is 5.32 Å². The van der Waals surface area contributed by atoms with Gasteiger partial charge in [0.1, 0.15) is 0 Å². The van der Waals surface area contributed by atoms with Crippen molar-refractivity contribution in [1.82, 2.24) is 10.2 Å². The van der Waals surface area contributed by atoms with Crippen molar-refractivity contribution in [1.29, 1.82) is 0 Å². The maximum atomic E-state index is 3.46. The fourth-order valence-electron chi connectivity index (χ4n) is 1.95. The first-order valence-corrected chi connectivity index (χ1v) is 6.93. The molecule has 1 N–H and O–H groups in total. The summed E-state index contributed by atoms with van der Waals surface area (Å²) in [5.74, 6) is 0.653. The number of rotatable bonds is 6. The summed E-state index contributed by atoms with van der Waals surface area (Å²) in [6, 6.07) is 9.13. The van der Waals surface area contributed by atoms with Crippen molar-refractivity contribution in [3.8, 4) is 0 Å². The molecule has 0 aliphatic carbocycles. The summed E-state index contributed by atoms with van der Waals surface area (Å²) >= 11 is 3.46. The van der Waals surface area contributed by atoms with Crippen molar-refractivity contribution < 1.29 is 0 Å². The highest BCUT2D eigenvalue weighted by atomic mass is 79.9. The minimum atomic E-state index is 0.575. The number of nitrogens with zero attached hydrogens (tertiary/aromatic N) is 1. The molecule has 0 bridgehead atoms. The highest BCUT2D eigenvalue weighted by molar-refractivity contribution is 9.10. The highest BCUT2D eigenvalue weighted by Crippen LogP contribution is 2.15. The minimum absolute atomic E-state index is 0.575. The lowest BCUT2D eigenvalue weighted by molar-refractivity contribution is 0.190. The topological polar surface area (TPSA) is 15.3 Å². The average Bonchev–Trinajstić information content (AvgIpc) is 2.31. The van der Waals surface area contributed by atoms with E-state index < -0.39 is 0 Å². The van der Waals surface area contributed by atoms with Crippen molar-refractivity contribution in [3.63, 3.8) is 0 Å². The first-order chi connectivity index (χ1) is 8.04. The van der Waals surface area contributed by atoms with Crippen LogP contribution >= 0.6 is 15.9 Å². The molecule has 0 saturated heterocycles. The predicted molar refractivity (Wildman–Crippen MR) is 78.2 cm³/mol. The number of nitrogens with one attached hydrogen (secondary N) is 1. The standard InChI is InChI=1S/C14H23BrN2/c1-11(9-16-3)12(2)17(4)10-13-5-7-14(15)8-6-13/h5-8,11-12,16H,9-10H2,1-4H3. The van der Waals surface area contributed by atoms with Crippen molar-refractivity contribution in [2.45, 2.75) is 26.4 Å². The molecule has 3 heteroatoms. The Morgan fingerprint density at radius 2 is 1.82 bits per heavy atom. The van der Waals surface area contributed by atoms with Gasteiger partial charge >= 0.3 is 0 Å². The molecule has 96 valence electrons. The molecule has 0 radical (unpaired) electrons. The Hall–Kier alpha value is -0.380. The lowest BCUT2D eigenvalue weighted by Gasteiger charge is -2.29. The molecule has 17 heavy (non-hydrogen) atoms. The van der Waals surface area contributed by atoms with E-state index in [-0.39, 0.29) is 0 Å². The average molecular weight is 299 g/mol. The van der Waals surface area contributed by atoms with Gasteiger partial charge in [-0.05, 0) is 51.2 Å². The second-order valence-corrected chi connectivity index (χ2v) is 5.73. The number of hydrogen-bond acceptors (Lipinski definition) is 2. The van der Waals surface area contributed by atoms with Crippen LogP contribution in [0.5, 0.6) is 0 Å². The zero-order valence-electron chi connectivity index (χ0n) is 11.2. The molecule has 0 aromatic heterocycles. The number of hydrogen-bond donors (Lipinski definition) is 1. The van der Waals surface area contributed by atoms with Crippen LogP contribution in [0.15, 0.2) is 28.7 Å². The van der Waals surface area contributed by atoms with E-state index in [1.54, 1.807) is 0 Å². The summed E-state index contributed by atoms with van der Waals surface area (Å²) in [5.41, 5.74) is 1.36. The highest BCUT2D eigenvalue weighted by Gasteiger charge is 2.16. The van der Waals surface area contributed by atoms with Crippen molar-refractivity contribution >= 4 is 15.9 Å². The van der Waals surface area contributed by atoms with E-state index in [0.717, 1.165) is 17.6 Å². The van der Waals surface area contributed by atoms with Gasteiger partial charge in [0, 0.05) is 17.1 Å². The Bertz CT molecular complexity index is 323. The molecule has 1 aromatic carbocycles. The molecular formula is C14H23BrN2. The van der Waals surface area contributed by atoms with Crippen LogP contribution in [0.4, 0.5) is 0 Å². The molecule has 0 aliphatic rings. The van der Waals surface area contributed by atoms with E-state index in [1.165, 1.54) is 5.56 Å². The molecule has 1 rings (SSSR count). The van der Waals surface area contributed by atoms with Gasteiger partial charge in [0.15, 0.2) is 0 Å². The molecule has 2 atom stereocenters. The van der Waals surface area contributed by atoms with Gasteiger partial charge < -0.3 is 5.32 Å². The maximum Gasteiger partial charge on any atom is 0.0233 e. The van der Waals surface area contributed by atoms with Gasteiger partial charge in [-0.1, -0.05) is 35.0 Å². The van der Waals surface area contributed by atoms with E-state index in [9.17, 15) is 0 Å².